The summed E-state index contributed by atoms with van der Waals surface area (Å²) >= 11 is 7.22. The van der Waals surface area contributed by atoms with E-state index in [1.54, 1.807) is 30.5 Å². The molecule has 0 bridgehead atoms. The number of anilines is 1. The second kappa shape index (κ2) is 6.54. The van der Waals surface area contributed by atoms with Crippen LogP contribution in [0.1, 0.15) is 21.7 Å². The van der Waals surface area contributed by atoms with Gasteiger partial charge in [0.1, 0.15) is 0 Å². The molecule has 24 heavy (non-hydrogen) atoms. The smallest absolute Gasteiger partial charge is 0.259 e. The summed E-state index contributed by atoms with van der Waals surface area (Å²) in [5, 5.41) is 6.17. The van der Waals surface area contributed by atoms with Crippen molar-refractivity contribution in [1.82, 2.24) is 9.97 Å². The van der Waals surface area contributed by atoms with Crippen molar-refractivity contribution >= 4 is 50.8 Å². The molecule has 0 aliphatic heterocycles. The minimum absolute atomic E-state index is 0.0431. The van der Waals surface area contributed by atoms with Crippen LogP contribution in [-0.2, 0) is 11.2 Å². The van der Waals surface area contributed by atoms with Crippen LogP contribution in [0.5, 0.6) is 0 Å². The number of halogens is 1. The molecule has 2 aromatic heterocycles. The lowest BCUT2D eigenvalue weighted by Crippen LogP contribution is -2.15. The van der Waals surface area contributed by atoms with Gasteiger partial charge in [-0.15, -0.1) is 11.3 Å². The van der Waals surface area contributed by atoms with Crippen LogP contribution in [0.15, 0.2) is 29.6 Å². The quantitative estimate of drug-likeness (QED) is 0.747. The molecule has 2 heterocycles. The summed E-state index contributed by atoms with van der Waals surface area (Å²) in [4.78, 5) is 32.0. The summed E-state index contributed by atoms with van der Waals surface area (Å²) < 4.78 is 0. The number of hydrogen-bond acceptors (Lipinski definition) is 5. The van der Waals surface area contributed by atoms with Crippen molar-refractivity contribution in [2.24, 2.45) is 5.73 Å². The summed E-state index contributed by atoms with van der Waals surface area (Å²) in [5.41, 5.74) is 7.48. The molecule has 0 radical (unpaired) electrons. The molecule has 0 spiro atoms. The maximum Gasteiger partial charge on any atom is 0.259 e. The minimum atomic E-state index is -0.468. The molecule has 8 heteroatoms. The number of carbonyl (C=O) groups excluding carboxylic acids is 2. The number of aromatic nitrogens is 2. The monoisotopic (exact) mass is 360 g/mol. The summed E-state index contributed by atoms with van der Waals surface area (Å²) in [6.07, 6.45) is 0.0431. The van der Waals surface area contributed by atoms with Gasteiger partial charge in [-0.05, 0) is 31.2 Å². The number of hydrogen-bond donors (Lipinski definition) is 2. The Morgan fingerprint density at radius 3 is 2.83 bits per heavy atom. The topological polar surface area (TPSA) is 98.0 Å². The predicted molar refractivity (Wildman–Crippen MR) is 94.5 cm³/mol. The van der Waals surface area contributed by atoms with E-state index in [4.69, 9.17) is 17.3 Å². The number of primary amides is 1. The van der Waals surface area contributed by atoms with Gasteiger partial charge in [-0.25, -0.2) is 4.98 Å². The van der Waals surface area contributed by atoms with Gasteiger partial charge in [0.05, 0.1) is 28.9 Å². The van der Waals surface area contributed by atoms with Crippen LogP contribution in [0.2, 0.25) is 5.02 Å². The number of amides is 2. The lowest BCUT2D eigenvalue weighted by molar-refractivity contribution is -0.117. The van der Waals surface area contributed by atoms with E-state index >= 15 is 0 Å². The van der Waals surface area contributed by atoms with E-state index in [2.05, 4.69) is 15.3 Å². The highest BCUT2D eigenvalue weighted by atomic mass is 35.5. The van der Waals surface area contributed by atoms with E-state index in [0.29, 0.717) is 27.1 Å². The Hall–Kier alpha value is -2.51. The number of rotatable bonds is 4. The molecule has 3 aromatic rings. The maximum atomic E-state index is 12.5. The number of aryl methyl sites for hydroxylation is 1. The molecule has 0 fully saturated rings. The lowest BCUT2D eigenvalue weighted by atomic mass is 10.1. The van der Waals surface area contributed by atoms with Gasteiger partial charge >= 0.3 is 0 Å². The van der Waals surface area contributed by atoms with E-state index in [-0.39, 0.29) is 12.3 Å². The summed E-state index contributed by atoms with van der Waals surface area (Å²) in [6, 6.07) is 7.07. The second-order valence-electron chi connectivity index (χ2n) is 5.20. The Kier molecular flexibility index (Phi) is 4.46. The highest BCUT2D eigenvalue weighted by Gasteiger charge is 2.14. The fourth-order valence-electron chi connectivity index (χ4n) is 2.26. The number of nitrogens with one attached hydrogen (secondary N) is 1. The van der Waals surface area contributed by atoms with Gasteiger partial charge in [-0.1, -0.05) is 11.6 Å². The fraction of sp³-hybridized carbons (Fsp3) is 0.125. The van der Waals surface area contributed by atoms with Crippen LogP contribution in [-0.4, -0.2) is 21.8 Å². The highest BCUT2D eigenvalue weighted by molar-refractivity contribution is 7.14. The van der Waals surface area contributed by atoms with Gasteiger partial charge < -0.3 is 5.73 Å². The summed E-state index contributed by atoms with van der Waals surface area (Å²) in [7, 11) is 0. The van der Waals surface area contributed by atoms with Crippen LogP contribution in [0, 0.1) is 6.92 Å². The first kappa shape index (κ1) is 16.4. The van der Waals surface area contributed by atoms with Crippen molar-refractivity contribution in [2.75, 3.05) is 5.32 Å². The van der Waals surface area contributed by atoms with Crippen LogP contribution in [0.25, 0.3) is 10.9 Å². The van der Waals surface area contributed by atoms with Crippen molar-refractivity contribution in [3.8, 4) is 0 Å². The van der Waals surface area contributed by atoms with Gasteiger partial charge in [0, 0.05) is 15.8 Å². The van der Waals surface area contributed by atoms with Crippen molar-refractivity contribution in [3.63, 3.8) is 0 Å². The third kappa shape index (κ3) is 3.52. The zero-order valence-electron chi connectivity index (χ0n) is 12.7. The third-order valence-electron chi connectivity index (χ3n) is 3.34. The second-order valence-corrected chi connectivity index (χ2v) is 6.49. The zero-order chi connectivity index (χ0) is 17.3. The molecule has 0 saturated heterocycles. The molecule has 3 N–H and O–H groups in total. The van der Waals surface area contributed by atoms with Crippen molar-refractivity contribution in [1.29, 1.82) is 0 Å². The van der Waals surface area contributed by atoms with E-state index in [0.717, 1.165) is 10.9 Å². The maximum absolute atomic E-state index is 12.5. The molecular weight excluding hydrogens is 348 g/mol. The fourth-order valence-corrected chi connectivity index (χ4v) is 3.15. The van der Waals surface area contributed by atoms with Gasteiger partial charge in [-0.3, -0.25) is 19.9 Å². The summed E-state index contributed by atoms with van der Waals surface area (Å²) in [6.45, 7) is 1.77. The van der Waals surface area contributed by atoms with Gasteiger partial charge in [0.2, 0.25) is 5.91 Å². The third-order valence-corrected chi connectivity index (χ3v) is 4.38. The van der Waals surface area contributed by atoms with Crippen LogP contribution in [0.4, 0.5) is 5.13 Å². The Morgan fingerprint density at radius 1 is 1.29 bits per heavy atom. The number of thiazole rings is 1. The van der Waals surface area contributed by atoms with Crippen molar-refractivity contribution in [3.05, 3.63) is 51.6 Å². The number of pyridine rings is 1. The standard InChI is InChI=1S/C16H13ClN4O2S/c1-8-12(5-9-4-10(17)2-3-13(9)19-8)15(23)21-16-20-11(7-24-16)6-14(18)22/h2-5,7H,6H2,1H3,(H2,18,22)(H,20,21,23). The predicted octanol–water partition coefficient (Wildman–Crippen LogP) is 2.93. The number of nitrogens with zero attached hydrogens (tertiary/aromatic N) is 2. The molecule has 122 valence electrons. The molecule has 0 aliphatic rings. The molecule has 0 aliphatic carbocycles. The average Bonchev–Trinajstić information content (AvgIpc) is 2.93. The van der Waals surface area contributed by atoms with E-state index < -0.39 is 5.91 Å². The highest BCUT2D eigenvalue weighted by Crippen LogP contribution is 2.22. The van der Waals surface area contributed by atoms with E-state index in [1.165, 1.54) is 11.3 Å². The van der Waals surface area contributed by atoms with Crippen LogP contribution >= 0.6 is 22.9 Å². The number of fused-ring (bicyclic) bond motifs is 1. The van der Waals surface area contributed by atoms with Gasteiger partial charge in [0.25, 0.3) is 5.91 Å². The molecule has 0 saturated carbocycles. The van der Waals surface area contributed by atoms with Gasteiger partial charge in [-0.2, -0.15) is 0 Å². The zero-order valence-corrected chi connectivity index (χ0v) is 14.2. The first-order chi connectivity index (χ1) is 11.4. The molecule has 2 amide bonds. The average molecular weight is 361 g/mol. The summed E-state index contributed by atoms with van der Waals surface area (Å²) in [5.74, 6) is -0.786. The molecule has 6 nitrogen and oxygen atoms in total. The van der Waals surface area contributed by atoms with Crippen molar-refractivity contribution in [2.45, 2.75) is 13.3 Å². The first-order valence-corrected chi connectivity index (χ1v) is 8.29. The molecule has 0 atom stereocenters. The Bertz CT molecular complexity index is 954. The van der Waals surface area contributed by atoms with Gasteiger partial charge in [0.15, 0.2) is 5.13 Å². The largest absolute Gasteiger partial charge is 0.369 e. The van der Waals surface area contributed by atoms with E-state index in [9.17, 15) is 9.59 Å². The lowest BCUT2D eigenvalue weighted by Gasteiger charge is -2.07. The number of carbonyl (C=O) groups is 2. The Balaban J connectivity index is 1.86. The molecule has 3 rings (SSSR count). The first-order valence-electron chi connectivity index (χ1n) is 7.03. The molecular formula is C16H13ClN4O2S. The van der Waals surface area contributed by atoms with Crippen LogP contribution in [0.3, 0.4) is 0 Å². The number of benzene rings is 1. The normalized spacial score (nSPS) is 10.8. The van der Waals surface area contributed by atoms with Crippen LogP contribution < -0.4 is 11.1 Å². The Morgan fingerprint density at radius 2 is 2.08 bits per heavy atom. The number of nitrogens with two attached hydrogens (primary N) is 1. The SMILES string of the molecule is Cc1nc2ccc(Cl)cc2cc1C(=O)Nc1nc(CC(N)=O)cs1. The van der Waals surface area contributed by atoms with Crippen molar-refractivity contribution < 1.29 is 9.59 Å². The Labute approximate surface area is 146 Å². The molecule has 1 aromatic carbocycles. The molecule has 0 unspecified atom stereocenters. The minimum Gasteiger partial charge on any atom is -0.369 e. The van der Waals surface area contributed by atoms with E-state index in [1.807, 2.05) is 6.07 Å².